The number of carbonyl (C=O) groups is 1. The lowest BCUT2D eigenvalue weighted by atomic mass is 10.00. The average molecular weight is 424 g/mol. The number of hydrogen-bond donors (Lipinski definition) is 0. The molecule has 1 saturated heterocycles. The highest BCUT2D eigenvalue weighted by atomic mass is 32.2. The van der Waals surface area contributed by atoms with Crippen LogP contribution in [0.1, 0.15) is 45.2 Å². The van der Waals surface area contributed by atoms with Crippen LogP contribution in [-0.4, -0.2) is 38.6 Å². The van der Waals surface area contributed by atoms with Gasteiger partial charge in [0.25, 0.3) is 0 Å². The van der Waals surface area contributed by atoms with Gasteiger partial charge in [-0.3, -0.25) is 4.79 Å². The third kappa shape index (κ3) is 5.29. The molecule has 2 aromatic rings. The van der Waals surface area contributed by atoms with E-state index in [0.29, 0.717) is 12.1 Å². The molecule has 0 aliphatic carbocycles. The van der Waals surface area contributed by atoms with Gasteiger partial charge in [-0.05, 0) is 38.7 Å². The molecule has 8 heteroatoms. The fourth-order valence-corrected chi connectivity index (χ4v) is 4.39. The number of rotatable bonds is 5. The molecule has 2 atom stereocenters. The Bertz CT molecular complexity index is 845. The number of piperidine rings is 1. The number of carbonyl (C=O) groups excluding carboxylic acids is 1. The Morgan fingerprint density at radius 1 is 1.24 bits per heavy atom. The van der Waals surface area contributed by atoms with E-state index in [1.807, 2.05) is 4.90 Å². The molecule has 1 amide bonds. The Hall–Kier alpha value is -2.09. The summed E-state index contributed by atoms with van der Waals surface area (Å²) in [5, 5.41) is -0.598. The zero-order chi connectivity index (χ0) is 21.0. The topological polar surface area (TPSA) is 46.1 Å². The maximum atomic E-state index is 13.4. The fourth-order valence-electron chi connectivity index (χ4n) is 3.54. The van der Waals surface area contributed by atoms with Crippen molar-refractivity contribution in [2.75, 3.05) is 6.54 Å². The summed E-state index contributed by atoms with van der Waals surface area (Å²) in [6.45, 7) is 4.46. The van der Waals surface area contributed by atoms with Crippen molar-refractivity contribution in [3.8, 4) is 11.3 Å². The number of nitrogens with zero attached hydrogens (tertiary/aromatic N) is 3. The number of benzene rings is 1. The minimum Gasteiger partial charge on any atom is -0.339 e. The molecule has 2 heterocycles. The fraction of sp³-hybridized carbons (Fsp3) is 0.476. The highest BCUT2D eigenvalue weighted by Gasteiger charge is 2.35. The van der Waals surface area contributed by atoms with Gasteiger partial charge in [0.15, 0.2) is 5.16 Å². The van der Waals surface area contributed by atoms with Gasteiger partial charge in [0, 0.05) is 18.2 Å². The van der Waals surface area contributed by atoms with Gasteiger partial charge in [-0.2, -0.15) is 13.2 Å². The lowest BCUT2D eigenvalue weighted by Gasteiger charge is -2.36. The van der Waals surface area contributed by atoms with E-state index < -0.39 is 17.1 Å². The van der Waals surface area contributed by atoms with Gasteiger partial charge in [0.1, 0.15) is 5.69 Å². The number of likely N-dealkylation sites (tertiary alicyclic amines) is 1. The minimum atomic E-state index is -4.59. The quantitative estimate of drug-likeness (QED) is 0.475. The van der Waals surface area contributed by atoms with Crippen molar-refractivity contribution >= 4 is 17.7 Å². The van der Waals surface area contributed by atoms with E-state index in [1.54, 1.807) is 37.3 Å². The highest BCUT2D eigenvalue weighted by molar-refractivity contribution is 8.00. The molecule has 4 nitrogen and oxygen atoms in total. The van der Waals surface area contributed by atoms with Crippen LogP contribution in [0.3, 0.4) is 0 Å². The maximum absolute atomic E-state index is 13.4. The third-order valence-electron chi connectivity index (χ3n) is 5.08. The van der Waals surface area contributed by atoms with Crippen LogP contribution >= 0.6 is 11.8 Å². The van der Waals surface area contributed by atoms with Crippen LogP contribution in [0, 0.1) is 0 Å². The van der Waals surface area contributed by atoms with Crippen molar-refractivity contribution in [1.82, 2.24) is 14.9 Å². The van der Waals surface area contributed by atoms with E-state index in [2.05, 4.69) is 16.9 Å². The Labute approximate surface area is 172 Å². The second-order valence-corrected chi connectivity index (χ2v) is 8.44. The van der Waals surface area contributed by atoms with Crippen molar-refractivity contribution in [2.24, 2.45) is 0 Å². The van der Waals surface area contributed by atoms with Crippen molar-refractivity contribution < 1.29 is 18.0 Å². The lowest BCUT2D eigenvalue weighted by molar-refractivity contribution is -0.141. The molecule has 1 aliphatic rings. The molecule has 0 radical (unpaired) electrons. The molecular weight excluding hydrogens is 399 g/mol. The Morgan fingerprint density at radius 2 is 1.97 bits per heavy atom. The van der Waals surface area contributed by atoms with Crippen molar-refractivity contribution in [3.63, 3.8) is 0 Å². The van der Waals surface area contributed by atoms with E-state index in [4.69, 9.17) is 0 Å². The van der Waals surface area contributed by atoms with Gasteiger partial charge in [0.05, 0.1) is 10.9 Å². The van der Waals surface area contributed by atoms with E-state index >= 15 is 0 Å². The molecule has 3 rings (SSSR count). The maximum Gasteiger partial charge on any atom is 0.433 e. The standard InChI is InChI=1S/C21H24F3N3OS/c1-3-16-11-7-8-12-27(16)19(28)14(2)29-20-25-17(15-9-5-4-6-10-15)13-18(26-20)21(22,23)24/h4-6,9-10,13-14,16H,3,7-8,11-12H2,1-2H3/t14-,16-/m1/s1. The van der Waals surface area contributed by atoms with Crippen molar-refractivity contribution in [3.05, 3.63) is 42.1 Å². The second-order valence-electron chi connectivity index (χ2n) is 7.13. The molecule has 156 valence electrons. The number of amides is 1. The first-order chi connectivity index (χ1) is 13.8. The number of halogens is 3. The lowest BCUT2D eigenvalue weighted by Crippen LogP contribution is -2.46. The predicted molar refractivity (Wildman–Crippen MR) is 107 cm³/mol. The second kappa shape index (κ2) is 9.15. The molecule has 1 aromatic carbocycles. The first kappa shape index (κ1) is 21.6. The molecule has 0 unspecified atom stereocenters. The summed E-state index contributed by atoms with van der Waals surface area (Å²) < 4.78 is 40.1. The minimum absolute atomic E-state index is 0.0374. The van der Waals surface area contributed by atoms with Crippen LogP contribution in [0.5, 0.6) is 0 Å². The molecule has 0 spiro atoms. The zero-order valence-corrected chi connectivity index (χ0v) is 17.3. The van der Waals surface area contributed by atoms with Crippen LogP contribution in [0.15, 0.2) is 41.6 Å². The molecule has 29 heavy (non-hydrogen) atoms. The smallest absolute Gasteiger partial charge is 0.339 e. The van der Waals surface area contributed by atoms with Crippen LogP contribution in [0.25, 0.3) is 11.3 Å². The van der Waals surface area contributed by atoms with Crippen LogP contribution in [0.2, 0.25) is 0 Å². The summed E-state index contributed by atoms with van der Waals surface area (Å²) in [4.78, 5) is 22.8. The largest absolute Gasteiger partial charge is 0.433 e. The Morgan fingerprint density at radius 3 is 2.62 bits per heavy atom. The highest BCUT2D eigenvalue weighted by Crippen LogP contribution is 2.33. The van der Waals surface area contributed by atoms with Gasteiger partial charge in [-0.25, -0.2) is 9.97 Å². The van der Waals surface area contributed by atoms with E-state index in [1.165, 1.54) is 0 Å². The third-order valence-corrected chi connectivity index (χ3v) is 6.03. The first-order valence-corrected chi connectivity index (χ1v) is 10.7. The van der Waals surface area contributed by atoms with Gasteiger partial charge < -0.3 is 4.90 Å². The molecular formula is C21H24F3N3OS. The van der Waals surface area contributed by atoms with Crippen LogP contribution in [-0.2, 0) is 11.0 Å². The molecule has 1 fully saturated rings. The molecule has 0 N–H and O–H groups in total. The van der Waals surface area contributed by atoms with Gasteiger partial charge >= 0.3 is 6.18 Å². The number of alkyl halides is 3. The zero-order valence-electron chi connectivity index (χ0n) is 16.4. The van der Waals surface area contributed by atoms with Gasteiger partial charge in [0.2, 0.25) is 5.91 Å². The monoisotopic (exact) mass is 423 g/mol. The molecule has 1 aromatic heterocycles. The summed E-state index contributed by atoms with van der Waals surface area (Å²) in [5.41, 5.74) is -0.235. The van der Waals surface area contributed by atoms with E-state index in [-0.39, 0.29) is 22.8 Å². The number of hydrogen-bond acceptors (Lipinski definition) is 4. The predicted octanol–water partition coefficient (Wildman–Crippen LogP) is 5.43. The van der Waals surface area contributed by atoms with Gasteiger partial charge in [-0.15, -0.1) is 0 Å². The normalized spacial score (nSPS) is 18.5. The number of aromatic nitrogens is 2. The van der Waals surface area contributed by atoms with Crippen molar-refractivity contribution in [1.29, 1.82) is 0 Å². The molecule has 0 bridgehead atoms. The Kier molecular flexibility index (Phi) is 6.82. The molecule has 1 aliphatic heterocycles. The SMILES string of the molecule is CC[C@@H]1CCCCN1C(=O)[C@@H](C)Sc1nc(-c2ccccc2)cc(C(F)(F)F)n1. The first-order valence-electron chi connectivity index (χ1n) is 9.78. The molecule has 0 saturated carbocycles. The van der Waals surface area contributed by atoms with Gasteiger partial charge in [-0.1, -0.05) is 49.0 Å². The summed E-state index contributed by atoms with van der Waals surface area (Å²) in [6.07, 6.45) is -0.687. The summed E-state index contributed by atoms with van der Waals surface area (Å²) >= 11 is 0.984. The van der Waals surface area contributed by atoms with Crippen LogP contribution < -0.4 is 0 Å². The van der Waals surface area contributed by atoms with Crippen molar-refractivity contribution in [2.45, 2.75) is 62.2 Å². The summed E-state index contributed by atoms with van der Waals surface area (Å²) in [7, 11) is 0. The summed E-state index contributed by atoms with van der Waals surface area (Å²) in [5.74, 6) is -0.0659. The Balaban J connectivity index is 1.86. The van der Waals surface area contributed by atoms with Crippen LogP contribution in [0.4, 0.5) is 13.2 Å². The summed E-state index contributed by atoms with van der Waals surface area (Å²) in [6, 6.07) is 9.81. The van der Waals surface area contributed by atoms with E-state index in [0.717, 1.165) is 43.5 Å². The average Bonchev–Trinajstić information content (AvgIpc) is 2.73. The van der Waals surface area contributed by atoms with E-state index in [9.17, 15) is 18.0 Å². The number of thioether (sulfide) groups is 1.